The second-order valence-electron chi connectivity index (χ2n) is 6.63. The molecule has 150 valence electrons. The van der Waals surface area contributed by atoms with E-state index in [-0.39, 0.29) is 17.7 Å². The third-order valence-electron chi connectivity index (χ3n) is 4.56. The molecule has 6 heteroatoms. The minimum Gasteiger partial charge on any atom is -0.493 e. The van der Waals surface area contributed by atoms with Crippen LogP contribution in [0.2, 0.25) is 0 Å². The Morgan fingerprint density at radius 3 is 2.36 bits per heavy atom. The Bertz CT molecular complexity index is 818. The van der Waals surface area contributed by atoms with Gasteiger partial charge in [-0.2, -0.15) is 0 Å². The number of carbonyl (C=O) groups is 2. The highest BCUT2D eigenvalue weighted by molar-refractivity contribution is 5.96. The summed E-state index contributed by atoms with van der Waals surface area (Å²) in [5.74, 6) is 1.26. The molecule has 0 aliphatic carbocycles. The minimum absolute atomic E-state index is 0.00300. The number of amides is 1. The van der Waals surface area contributed by atoms with Crippen molar-refractivity contribution in [2.45, 2.75) is 33.4 Å². The average Bonchev–Trinajstić information content (AvgIpc) is 2.68. The van der Waals surface area contributed by atoms with E-state index in [9.17, 15) is 9.59 Å². The molecule has 0 spiro atoms. The lowest BCUT2D eigenvalue weighted by Gasteiger charge is -2.24. The number of methoxy groups -OCH3 is 1. The Hall–Kier alpha value is -2.86. The van der Waals surface area contributed by atoms with Crippen LogP contribution in [0.4, 0.5) is 5.69 Å². The summed E-state index contributed by atoms with van der Waals surface area (Å²) in [4.78, 5) is 25.9. The molecule has 2 aromatic carbocycles. The van der Waals surface area contributed by atoms with Gasteiger partial charge in [0, 0.05) is 17.8 Å². The summed E-state index contributed by atoms with van der Waals surface area (Å²) < 4.78 is 10.9. The van der Waals surface area contributed by atoms with Gasteiger partial charge in [0.25, 0.3) is 0 Å². The Balaban J connectivity index is 2.00. The molecule has 1 N–H and O–H groups in total. The number of nitrogens with one attached hydrogen (secondary N) is 1. The first kappa shape index (κ1) is 21.4. The van der Waals surface area contributed by atoms with Crippen LogP contribution in [0.1, 0.15) is 36.7 Å². The fraction of sp³-hybridized carbons (Fsp3) is 0.364. The number of ether oxygens (including phenoxy) is 2. The number of rotatable bonds is 9. The monoisotopic (exact) mass is 384 g/mol. The van der Waals surface area contributed by atoms with Gasteiger partial charge in [0.2, 0.25) is 5.91 Å². The van der Waals surface area contributed by atoms with E-state index in [1.165, 1.54) is 6.92 Å². The summed E-state index contributed by atoms with van der Waals surface area (Å²) in [6.07, 6.45) is 0. The number of carbonyl (C=O) groups excluding carboxylic acids is 2. The lowest BCUT2D eigenvalue weighted by molar-refractivity contribution is -0.120. The number of hydrogen-bond acceptors (Lipinski definition) is 5. The van der Waals surface area contributed by atoms with Crippen LogP contribution in [0.3, 0.4) is 0 Å². The highest BCUT2D eigenvalue weighted by atomic mass is 16.5. The van der Waals surface area contributed by atoms with Crippen molar-refractivity contribution in [2.24, 2.45) is 0 Å². The topological polar surface area (TPSA) is 67.9 Å². The minimum atomic E-state index is -0.343. The normalized spacial score (nSPS) is 11.8. The predicted octanol–water partition coefficient (Wildman–Crippen LogP) is 3.76. The highest BCUT2D eigenvalue weighted by Gasteiger charge is 2.19. The van der Waals surface area contributed by atoms with Crippen LogP contribution in [0, 0.1) is 0 Å². The number of likely N-dealkylation sites (N-methyl/N-ethyl adjacent to an activating group) is 1. The summed E-state index contributed by atoms with van der Waals surface area (Å²) >= 11 is 0. The molecule has 0 saturated heterocycles. The van der Waals surface area contributed by atoms with Crippen molar-refractivity contribution in [1.29, 1.82) is 0 Å². The summed E-state index contributed by atoms with van der Waals surface area (Å²) in [7, 11) is 3.50. The lowest BCUT2D eigenvalue weighted by atomic mass is 10.1. The molecule has 0 bridgehead atoms. The van der Waals surface area contributed by atoms with E-state index < -0.39 is 0 Å². The van der Waals surface area contributed by atoms with Crippen molar-refractivity contribution in [3.8, 4) is 11.5 Å². The van der Waals surface area contributed by atoms with Crippen molar-refractivity contribution in [1.82, 2.24) is 4.90 Å². The molecule has 2 aromatic rings. The number of anilines is 1. The maximum atomic E-state index is 12.6. The van der Waals surface area contributed by atoms with E-state index in [4.69, 9.17) is 9.47 Å². The molecule has 0 heterocycles. The zero-order valence-electron chi connectivity index (χ0n) is 17.1. The number of ketones is 1. The predicted molar refractivity (Wildman–Crippen MR) is 110 cm³/mol. The smallest absolute Gasteiger partial charge is 0.241 e. The maximum Gasteiger partial charge on any atom is 0.241 e. The van der Waals surface area contributed by atoms with E-state index in [0.717, 1.165) is 5.56 Å². The molecule has 28 heavy (non-hydrogen) atoms. The standard InChI is InChI=1S/C22H28N2O4/c1-6-28-20-12-7-17(13-21(20)27-5)14-24(4)15(2)22(26)23-19-10-8-18(9-11-19)16(3)25/h7-13,15H,6,14H2,1-5H3,(H,23,26)/t15-/m0/s1. The van der Waals surface area contributed by atoms with E-state index in [1.807, 2.05) is 44.0 Å². The van der Waals surface area contributed by atoms with Crippen LogP contribution in [0.15, 0.2) is 42.5 Å². The van der Waals surface area contributed by atoms with Gasteiger partial charge in [-0.1, -0.05) is 6.07 Å². The molecular formula is C22H28N2O4. The Kier molecular flexibility index (Phi) is 7.58. The molecule has 0 radical (unpaired) electrons. The number of hydrogen-bond donors (Lipinski definition) is 1. The molecule has 0 unspecified atom stereocenters. The summed E-state index contributed by atoms with van der Waals surface area (Å²) in [6.45, 7) is 6.45. The fourth-order valence-electron chi connectivity index (χ4n) is 2.75. The molecule has 0 saturated carbocycles. The lowest BCUT2D eigenvalue weighted by Crippen LogP contribution is -2.39. The highest BCUT2D eigenvalue weighted by Crippen LogP contribution is 2.28. The quantitative estimate of drug-likeness (QED) is 0.667. The van der Waals surface area contributed by atoms with Crippen LogP contribution in [0.5, 0.6) is 11.5 Å². The Morgan fingerprint density at radius 2 is 1.79 bits per heavy atom. The van der Waals surface area contributed by atoms with E-state index >= 15 is 0 Å². The van der Waals surface area contributed by atoms with Gasteiger partial charge in [-0.25, -0.2) is 0 Å². The summed E-state index contributed by atoms with van der Waals surface area (Å²) in [6, 6.07) is 12.3. The number of benzene rings is 2. The largest absolute Gasteiger partial charge is 0.493 e. The van der Waals surface area contributed by atoms with Gasteiger partial charge in [0.05, 0.1) is 19.8 Å². The molecule has 0 aliphatic rings. The van der Waals surface area contributed by atoms with Crippen LogP contribution >= 0.6 is 0 Å². The van der Waals surface area contributed by atoms with Crippen molar-refractivity contribution in [2.75, 3.05) is 26.1 Å². The average molecular weight is 384 g/mol. The van der Waals surface area contributed by atoms with Crippen LogP contribution in [0.25, 0.3) is 0 Å². The van der Waals surface area contributed by atoms with Crippen LogP contribution < -0.4 is 14.8 Å². The second kappa shape index (κ2) is 9.90. The SMILES string of the molecule is CCOc1ccc(CN(C)[C@@H](C)C(=O)Nc2ccc(C(C)=O)cc2)cc1OC. The second-order valence-corrected chi connectivity index (χ2v) is 6.63. The Morgan fingerprint density at radius 1 is 1.11 bits per heavy atom. The third-order valence-corrected chi connectivity index (χ3v) is 4.56. The van der Waals surface area contributed by atoms with Crippen molar-refractivity contribution < 1.29 is 19.1 Å². The fourth-order valence-corrected chi connectivity index (χ4v) is 2.75. The molecule has 0 aromatic heterocycles. The number of nitrogens with zero attached hydrogens (tertiary/aromatic N) is 1. The van der Waals surface area contributed by atoms with E-state index in [1.54, 1.807) is 31.4 Å². The van der Waals surface area contributed by atoms with E-state index in [0.29, 0.717) is 35.9 Å². The Labute approximate surface area is 166 Å². The first-order valence-corrected chi connectivity index (χ1v) is 9.27. The molecule has 0 aliphatic heterocycles. The molecule has 6 nitrogen and oxygen atoms in total. The first-order chi connectivity index (χ1) is 13.3. The van der Waals surface area contributed by atoms with Gasteiger partial charge in [0.15, 0.2) is 17.3 Å². The van der Waals surface area contributed by atoms with Gasteiger partial charge >= 0.3 is 0 Å². The zero-order valence-corrected chi connectivity index (χ0v) is 17.1. The van der Waals surface area contributed by atoms with Gasteiger partial charge in [0.1, 0.15) is 0 Å². The zero-order chi connectivity index (χ0) is 20.7. The molecular weight excluding hydrogens is 356 g/mol. The van der Waals surface area contributed by atoms with Gasteiger partial charge in [-0.3, -0.25) is 14.5 Å². The summed E-state index contributed by atoms with van der Waals surface area (Å²) in [5.41, 5.74) is 2.30. The van der Waals surface area contributed by atoms with Crippen LogP contribution in [-0.4, -0.2) is 43.4 Å². The van der Waals surface area contributed by atoms with Crippen molar-refractivity contribution in [3.05, 3.63) is 53.6 Å². The molecule has 2 rings (SSSR count). The molecule has 1 amide bonds. The maximum absolute atomic E-state index is 12.6. The van der Waals surface area contributed by atoms with Crippen LogP contribution in [-0.2, 0) is 11.3 Å². The number of Topliss-reactive ketones (excluding diaryl/α,β-unsaturated/α-hetero) is 1. The molecule has 0 fully saturated rings. The van der Waals surface area contributed by atoms with E-state index in [2.05, 4.69) is 5.32 Å². The van der Waals surface area contributed by atoms with Crippen molar-refractivity contribution in [3.63, 3.8) is 0 Å². The van der Waals surface area contributed by atoms with Gasteiger partial charge in [-0.15, -0.1) is 0 Å². The first-order valence-electron chi connectivity index (χ1n) is 9.27. The summed E-state index contributed by atoms with van der Waals surface area (Å²) in [5, 5.41) is 2.89. The molecule has 1 atom stereocenters. The van der Waals surface area contributed by atoms with Gasteiger partial charge < -0.3 is 14.8 Å². The van der Waals surface area contributed by atoms with Gasteiger partial charge in [-0.05, 0) is 69.8 Å². The van der Waals surface area contributed by atoms with Crippen molar-refractivity contribution >= 4 is 17.4 Å². The third kappa shape index (κ3) is 5.57.